The molecule has 2 heterocycles. The molecule has 0 spiro atoms. The molecule has 0 unspecified atom stereocenters. The molecular formula is C22H27N3O3. The summed E-state index contributed by atoms with van der Waals surface area (Å²) in [4.78, 5) is 25.7. The van der Waals surface area contributed by atoms with Gasteiger partial charge in [-0.3, -0.25) is 14.5 Å². The van der Waals surface area contributed by atoms with E-state index < -0.39 is 0 Å². The summed E-state index contributed by atoms with van der Waals surface area (Å²) in [7, 11) is 0. The number of carbonyl (C=O) groups excluding carboxylic acids is 2. The van der Waals surface area contributed by atoms with Crippen molar-refractivity contribution in [1.82, 2.24) is 10.2 Å². The monoisotopic (exact) mass is 381 g/mol. The Bertz CT molecular complexity index is 833. The molecular weight excluding hydrogens is 354 g/mol. The van der Waals surface area contributed by atoms with Crippen molar-refractivity contribution in [3.05, 3.63) is 59.6 Å². The van der Waals surface area contributed by atoms with Crippen LogP contribution in [0, 0.1) is 6.92 Å². The summed E-state index contributed by atoms with van der Waals surface area (Å²) >= 11 is 0. The molecule has 2 N–H and O–H groups in total. The molecule has 1 aliphatic rings. The first-order chi connectivity index (χ1) is 13.5. The van der Waals surface area contributed by atoms with Crippen molar-refractivity contribution in [2.24, 2.45) is 0 Å². The zero-order chi connectivity index (χ0) is 19.9. The predicted octanol–water partition coefficient (Wildman–Crippen LogP) is 3.51. The van der Waals surface area contributed by atoms with Crippen LogP contribution in [0.5, 0.6) is 0 Å². The highest BCUT2D eigenvalue weighted by atomic mass is 16.3. The molecule has 28 heavy (non-hydrogen) atoms. The molecule has 1 atom stereocenters. The fraction of sp³-hybridized carbons (Fsp3) is 0.364. The molecule has 1 aromatic heterocycles. The number of benzene rings is 1. The maximum absolute atomic E-state index is 12.3. The van der Waals surface area contributed by atoms with Gasteiger partial charge >= 0.3 is 0 Å². The van der Waals surface area contributed by atoms with Crippen molar-refractivity contribution >= 4 is 23.6 Å². The first-order valence-corrected chi connectivity index (χ1v) is 9.65. The van der Waals surface area contributed by atoms with Gasteiger partial charge < -0.3 is 15.1 Å². The summed E-state index contributed by atoms with van der Waals surface area (Å²) < 4.78 is 5.82. The first kappa shape index (κ1) is 19.9. The van der Waals surface area contributed by atoms with Crippen molar-refractivity contribution in [2.45, 2.75) is 32.7 Å². The lowest BCUT2D eigenvalue weighted by molar-refractivity contribution is -0.117. The quantitative estimate of drug-likeness (QED) is 0.720. The van der Waals surface area contributed by atoms with E-state index in [1.165, 1.54) is 25.8 Å². The molecule has 148 valence electrons. The summed E-state index contributed by atoms with van der Waals surface area (Å²) in [6.07, 6.45) is 5.65. The minimum Gasteiger partial charge on any atom is -0.465 e. The second-order valence-electron chi connectivity index (χ2n) is 7.09. The number of aryl methyl sites for hydroxylation is 1. The number of furan rings is 1. The van der Waals surface area contributed by atoms with Crippen molar-refractivity contribution in [1.29, 1.82) is 0 Å². The van der Waals surface area contributed by atoms with E-state index >= 15 is 0 Å². The summed E-state index contributed by atoms with van der Waals surface area (Å²) in [6.45, 7) is 5.96. The smallest absolute Gasteiger partial charge is 0.244 e. The number of nitrogens with zero attached hydrogens (tertiary/aromatic N) is 1. The average Bonchev–Trinajstić information content (AvgIpc) is 3.33. The van der Waals surface area contributed by atoms with Gasteiger partial charge in [0.15, 0.2) is 0 Å². The molecule has 0 aliphatic carbocycles. The van der Waals surface area contributed by atoms with Gasteiger partial charge in [-0.1, -0.05) is 12.1 Å². The molecule has 0 bridgehead atoms. The van der Waals surface area contributed by atoms with Crippen molar-refractivity contribution in [3.63, 3.8) is 0 Å². The Kier molecular flexibility index (Phi) is 6.66. The third-order valence-electron chi connectivity index (χ3n) is 4.80. The first-order valence-electron chi connectivity index (χ1n) is 9.65. The van der Waals surface area contributed by atoms with Crippen LogP contribution in [0.1, 0.15) is 42.9 Å². The highest BCUT2D eigenvalue weighted by Crippen LogP contribution is 2.26. The second-order valence-corrected chi connectivity index (χ2v) is 7.09. The van der Waals surface area contributed by atoms with Crippen LogP contribution in [0.15, 0.2) is 46.9 Å². The van der Waals surface area contributed by atoms with Crippen molar-refractivity contribution < 1.29 is 14.0 Å². The number of likely N-dealkylation sites (tertiary alicyclic amines) is 1. The summed E-state index contributed by atoms with van der Waals surface area (Å²) in [5.41, 5.74) is 1.62. The average molecular weight is 381 g/mol. The molecule has 1 aliphatic heterocycles. The predicted molar refractivity (Wildman–Crippen MR) is 110 cm³/mol. The SMILES string of the molecule is CC(=O)Nc1ccc(/C=C\C(=O)NC[C@H](c2ccc(C)o2)N2CCCC2)cc1. The molecule has 0 radical (unpaired) electrons. The zero-order valence-electron chi connectivity index (χ0n) is 16.4. The summed E-state index contributed by atoms with van der Waals surface area (Å²) in [5.74, 6) is 1.53. The number of rotatable bonds is 7. The van der Waals surface area contributed by atoms with E-state index in [-0.39, 0.29) is 17.9 Å². The van der Waals surface area contributed by atoms with Crippen LogP contribution in [0.3, 0.4) is 0 Å². The van der Waals surface area contributed by atoms with E-state index in [4.69, 9.17) is 4.42 Å². The minimum absolute atomic E-state index is 0.0606. The van der Waals surface area contributed by atoms with Gasteiger partial charge in [-0.15, -0.1) is 0 Å². The third-order valence-corrected chi connectivity index (χ3v) is 4.80. The Labute approximate surface area is 165 Å². The summed E-state index contributed by atoms with van der Waals surface area (Å²) in [6, 6.07) is 11.3. The molecule has 1 fully saturated rings. The normalized spacial score (nSPS) is 15.6. The Morgan fingerprint density at radius 2 is 1.86 bits per heavy atom. The van der Waals surface area contributed by atoms with E-state index in [1.54, 1.807) is 6.08 Å². The van der Waals surface area contributed by atoms with Crippen LogP contribution < -0.4 is 10.6 Å². The minimum atomic E-state index is -0.140. The van der Waals surface area contributed by atoms with Gasteiger partial charge in [0, 0.05) is 25.2 Å². The molecule has 1 aromatic carbocycles. The molecule has 3 rings (SSSR count). The Morgan fingerprint density at radius 3 is 2.46 bits per heavy atom. The molecule has 1 saturated heterocycles. The van der Waals surface area contributed by atoms with E-state index in [1.807, 2.05) is 43.3 Å². The molecule has 2 aromatic rings. The highest BCUT2D eigenvalue weighted by Gasteiger charge is 2.26. The maximum Gasteiger partial charge on any atom is 0.244 e. The molecule has 0 saturated carbocycles. The Hall–Kier alpha value is -2.86. The third kappa shape index (κ3) is 5.57. The van der Waals surface area contributed by atoms with E-state index in [9.17, 15) is 9.59 Å². The standard InChI is InChI=1S/C22H27N3O3/c1-16-5-11-21(28-16)20(25-13-3-4-14-25)15-23-22(27)12-8-18-6-9-19(10-7-18)24-17(2)26/h5-12,20H,3-4,13-15H2,1-2H3,(H,23,27)(H,24,26)/b12-8-/t20-/m1/s1. The lowest BCUT2D eigenvalue weighted by atomic mass is 10.1. The van der Waals surface area contributed by atoms with E-state index in [0.717, 1.165) is 35.9 Å². The van der Waals surface area contributed by atoms with Gasteiger partial charge in [-0.25, -0.2) is 0 Å². The maximum atomic E-state index is 12.3. The van der Waals surface area contributed by atoms with Gasteiger partial charge in [-0.05, 0) is 68.8 Å². The number of hydrogen-bond acceptors (Lipinski definition) is 4. The van der Waals surface area contributed by atoms with Gasteiger partial charge in [0.25, 0.3) is 0 Å². The van der Waals surface area contributed by atoms with Gasteiger partial charge in [0.1, 0.15) is 11.5 Å². The van der Waals surface area contributed by atoms with Crippen LogP contribution in [-0.2, 0) is 9.59 Å². The zero-order valence-corrected chi connectivity index (χ0v) is 16.4. The fourth-order valence-corrected chi connectivity index (χ4v) is 3.40. The van der Waals surface area contributed by atoms with Crippen LogP contribution in [0.4, 0.5) is 5.69 Å². The van der Waals surface area contributed by atoms with Crippen LogP contribution in [-0.4, -0.2) is 36.3 Å². The molecule has 2 amide bonds. The number of hydrogen-bond donors (Lipinski definition) is 2. The summed E-state index contributed by atoms with van der Waals surface area (Å²) in [5, 5.41) is 5.71. The van der Waals surface area contributed by atoms with Crippen molar-refractivity contribution in [2.75, 3.05) is 25.0 Å². The van der Waals surface area contributed by atoms with Crippen molar-refractivity contribution in [3.8, 4) is 0 Å². The molecule has 6 heteroatoms. The Morgan fingerprint density at radius 1 is 1.14 bits per heavy atom. The van der Waals surface area contributed by atoms with Gasteiger partial charge in [0.05, 0.1) is 6.04 Å². The number of amides is 2. The lowest BCUT2D eigenvalue weighted by Gasteiger charge is -2.25. The molecule has 6 nitrogen and oxygen atoms in total. The van der Waals surface area contributed by atoms with Gasteiger partial charge in [-0.2, -0.15) is 0 Å². The Balaban J connectivity index is 1.56. The number of anilines is 1. The fourth-order valence-electron chi connectivity index (χ4n) is 3.40. The lowest BCUT2D eigenvalue weighted by Crippen LogP contribution is -2.36. The van der Waals surface area contributed by atoms with Crippen LogP contribution in [0.2, 0.25) is 0 Å². The van der Waals surface area contributed by atoms with Crippen LogP contribution >= 0.6 is 0 Å². The number of nitrogens with one attached hydrogen (secondary N) is 2. The van der Waals surface area contributed by atoms with Crippen LogP contribution in [0.25, 0.3) is 6.08 Å². The second kappa shape index (κ2) is 9.37. The topological polar surface area (TPSA) is 74.6 Å². The van der Waals surface area contributed by atoms with E-state index in [0.29, 0.717) is 6.54 Å². The largest absolute Gasteiger partial charge is 0.465 e. The van der Waals surface area contributed by atoms with Gasteiger partial charge in [0.2, 0.25) is 11.8 Å². The number of carbonyl (C=O) groups is 2. The van der Waals surface area contributed by atoms with E-state index in [2.05, 4.69) is 15.5 Å². The highest BCUT2D eigenvalue weighted by molar-refractivity contribution is 5.92.